The van der Waals surface area contributed by atoms with Gasteiger partial charge in [0.1, 0.15) is 0 Å². The number of benzene rings is 2. The number of hydrogen-bond acceptors (Lipinski definition) is 2. The average molecular weight is 370 g/mol. The summed E-state index contributed by atoms with van der Waals surface area (Å²) in [6, 6.07) is 13.8. The third-order valence-electron chi connectivity index (χ3n) is 5.38. The van der Waals surface area contributed by atoms with Gasteiger partial charge in [0.15, 0.2) is 0 Å². The Bertz CT molecular complexity index is 884. The average Bonchev–Trinajstić information content (AvgIpc) is 3.26. The summed E-state index contributed by atoms with van der Waals surface area (Å²) in [5, 5.41) is 3.06. The van der Waals surface area contributed by atoms with E-state index < -0.39 is 12.3 Å². The number of halogens is 2. The molecule has 1 aliphatic heterocycles. The number of alkyl halides is 2. The number of aryl methyl sites for hydroxylation is 1. The summed E-state index contributed by atoms with van der Waals surface area (Å²) in [7, 11) is 0. The molecule has 0 radical (unpaired) electrons. The lowest BCUT2D eigenvalue weighted by Crippen LogP contribution is -2.34. The summed E-state index contributed by atoms with van der Waals surface area (Å²) in [5.41, 5.74) is 2.67. The van der Waals surface area contributed by atoms with Crippen molar-refractivity contribution < 1.29 is 18.4 Å². The second kappa shape index (κ2) is 7.10. The van der Waals surface area contributed by atoms with Gasteiger partial charge in [-0.3, -0.25) is 9.59 Å². The SMILES string of the molecule is O=C(NC1CCc2ccccc21)C1CC(=O)N(c2cccc(C(F)F)c2)C1. The Balaban J connectivity index is 1.45. The van der Waals surface area contributed by atoms with Crippen LogP contribution in [0.2, 0.25) is 0 Å². The first-order valence-corrected chi connectivity index (χ1v) is 9.09. The number of carbonyl (C=O) groups excluding carboxylic acids is 2. The molecule has 1 N–H and O–H groups in total. The minimum absolute atomic E-state index is 0.0278. The van der Waals surface area contributed by atoms with Gasteiger partial charge in [0.25, 0.3) is 6.43 Å². The van der Waals surface area contributed by atoms with E-state index in [1.165, 1.54) is 28.7 Å². The van der Waals surface area contributed by atoms with Gasteiger partial charge in [0.05, 0.1) is 12.0 Å². The Hall–Kier alpha value is -2.76. The predicted octanol–water partition coefficient (Wildman–Crippen LogP) is 3.78. The molecule has 2 aromatic carbocycles. The standard InChI is InChI=1S/C21H20F2N2O2/c22-20(23)14-5-3-6-16(10-14)25-12-15(11-19(25)26)21(27)24-18-9-8-13-4-1-2-7-17(13)18/h1-7,10,15,18,20H,8-9,11-12H2,(H,24,27). The highest BCUT2D eigenvalue weighted by molar-refractivity contribution is 6.00. The molecular weight excluding hydrogens is 350 g/mol. The predicted molar refractivity (Wildman–Crippen MR) is 97.5 cm³/mol. The van der Waals surface area contributed by atoms with Gasteiger partial charge in [-0.15, -0.1) is 0 Å². The van der Waals surface area contributed by atoms with Crippen molar-refractivity contribution in [3.63, 3.8) is 0 Å². The van der Waals surface area contributed by atoms with Crippen molar-refractivity contribution in [1.29, 1.82) is 0 Å². The van der Waals surface area contributed by atoms with Crippen LogP contribution in [0.4, 0.5) is 14.5 Å². The number of fused-ring (bicyclic) bond motifs is 1. The van der Waals surface area contributed by atoms with Crippen LogP contribution in [-0.2, 0) is 16.0 Å². The molecular formula is C21H20F2N2O2. The van der Waals surface area contributed by atoms with E-state index in [-0.39, 0.29) is 36.4 Å². The van der Waals surface area contributed by atoms with Gasteiger partial charge in [0.2, 0.25) is 11.8 Å². The lowest BCUT2D eigenvalue weighted by Gasteiger charge is -2.19. The molecule has 0 aromatic heterocycles. The fourth-order valence-corrected chi connectivity index (χ4v) is 3.96. The van der Waals surface area contributed by atoms with E-state index in [1.807, 2.05) is 18.2 Å². The fraction of sp³-hybridized carbons (Fsp3) is 0.333. The zero-order valence-electron chi connectivity index (χ0n) is 14.7. The summed E-state index contributed by atoms with van der Waals surface area (Å²) in [6.07, 6.45) is -0.716. The van der Waals surface area contributed by atoms with Gasteiger partial charge in [0, 0.05) is 24.2 Å². The Morgan fingerprint density at radius 1 is 1.15 bits per heavy atom. The summed E-state index contributed by atoms with van der Waals surface area (Å²) >= 11 is 0. The number of carbonyl (C=O) groups is 2. The smallest absolute Gasteiger partial charge is 0.263 e. The molecule has 1 heterocycles. The first kappa shape index (κ1) is 17.6. The second-order valence-electron chi connectivity index (χ2n) is 7.10. The van der Waals surface area contributed by atoms with Crippen molar-refractivity contribution in [3.05, 3.63) is 65.2 Å². The maximum absolute atomic E-state index is 12.9. The number of rotatable bonds is 4. The number of nitrogens with zero attached hydrogens (tertiary/aromatic N) is 1. The van der Waals surface area contributed by atoms with Gasteiger partial charge < -0.3 is 10.2 Å². The van der Waals surface area contributed by atoms with Crippen molar-refractivity contribution in [3.8, 4) is 0 Å². The molecule has 0 spiro atoms. The molecule has 0 saturated carbocycles. The van der Waals surface area contributed by atoms with Crippen LogP contribution >= 0.6 is 0 Å². The molecule has 4 rings (SSSR count). The molecule has 1 fully saturated rings. The van der Waals surface area contributed by atoms with E-state index in [0.29, 0.717) is 5.69 Å². The molecule has 1 aliphatic carbocycles. The highest BCUT2D eigenvalue weighted by Crippen LogP contribution is 2.32. The molecule has 2 unspecified atom stereocenters. The van der Waals surface area contributed by atoms with Crippen molar-refractivity contribution in [2.24, 2.45) is 5.92 Å². The molecule has 4 nitrogen and oxygen atoms in total. The summed E-state index contributed by atoms with van der Waals surface area (Å²) in [4.78, 5) is 26.5. The molecule has 2 aromatic rings. The number of amides is 2. The minimum Gasteiger partial charge on any atom is -0.349 e. The topological polar surface area (TPSA) is 49.4 Å². The van der Waals surface area contributed by atoms with E-state index in [1.54, 1.807) is 6.07 Å². The van der Waals surface area contributed by atoms with Gasteiger partial charge in [-0.1, -0.05) is 36.4 Å². The van der Waals surface area contributed by atoms with Gasteiger partial charge in [-0.25, -0.2) is 8.78 Å². The molecule has 0 bridgehead atoms. The van der Waals surface area contributed by atoms with Gasteiger partial charge >= 0.3 is 0 Å². The van der Waals surface area contributed by atoms with Crippen molar-refractivity contribution in [2.75, 3.05) is 11.4 Å². The Morgan fingerprint density at radius 3 is 2.78 bits per heavy atom. The van der Waals surface area contributed by atoms with E-state index in [9.17, 15) is 18.4 Å². The fourth-order valence-electron chi connectivity index (χ4n) is 3.96. The van der Waals surface area contributed by atoms with Crippen LogP contribution in [0.15, 0.2) is 48.5 Å². The van der Waals surface area contributed by atoms with Gasteiger partial charge in [-0.05, 0) is 36.1 Å². The maximum Gasteiger partial charge on any atom is 0.263 e. The van der Waals surface area contributed by atoms with E-state index in [2.05, 4.69) is 11.4 Å². The third kappa shape index (κ3) is 3.44. The summed E-state index contributed by atoms with van der Waals surface area (Å²) < 4.78 is 25.8. The molecule has 1 saturated heterocycles. The Labute approximate surface area is 156 Å². The van der Waals surface area contributed by atoms with Gasteiger partial charge in [-0.2, -0.15) is 0 Å². The van der Waals surface area contributed by atoms with Crippen molar-refractivity contribution >= 4 is 17.5 Å². The molecule has 2 atom stereocenters. The van der Waals surface area contributed by atoms with Crippen LogP contribution in [-0.4, -0.2) is 18.4 Å². The monoisotopic (exact) mass is 370 g/mol. The maximum atomic E-state index is 12.9. The Morgan fingerprint density at radius 2 is 1.96 bits per heavy atom. The first-order chi connectivity index (χ1) is 13.0. The lowest BCUT2D eigenvalue weighted by atomic mass is 10.1. The molecule has 2 aliphatic rings. The van der Waals surface area contributed by atoms with Crippen LogP contribution < -0.4 is 10.2 Å². The first-order valence-electron chi connectivity index (χ1n) is 9.09. The molecule has 2 amide bonds. The summed E-state index contributed by atoms with van der Waals surface area (Å²) in [5.74, 6) is -0.841. The second-order valence-corrected chi connectivity index (χ2v) is 7.10. The minimum atomic E-state index is -2.59. The highest BCUT2D eigenvalue weighted by atomic mass is 19.3. The van der Waals surface area contributed by atoms with Crippen molar-refractivity contribution in [2.45, 2.75) is 31.7 Å². The molecule has 6 heteroatoms. The van der Waals surface area contributed by atoms with Crippen LogP contribution in [0, 0.1) is 5.92 Å². The largest absolute Gasteiger partial charge is 0.349 e. The van der Waals surface area contributed by atoms with E-state index >= 15 is 0 Å². The Kier molecular flexibility index (Phi) is 4.64. The van der Waals surface area contributed by atoms with Crippen LogP contribution in [0.5, 0.6) is 0 Å². The normalized spacial score (nSPS) is 21.6. The van der Waals surface area contributed by atoms with Crippen LogP contribution in [0.25, 0.3) is 0 Å². The van der Waals surface area contributed by atoms with Crippen molar-refractivity contribution in [1.82, 2.24) is 5.32 Å². The van der Waals surface area contributed by atoms with E-state index in [0.717, 1.165) is 18.4 Å². The molecule has 27 heavy (non-hydrogen) atoms. The number of hydrogen-bond donors (Lipinski definition) is 1. The quantitative estimate of drug-likeness (QED) is 0.890. The zero-order chi connectivity index (χ0) is 19.0. The molecule has 140 valence electrons. The third-order valence-corrected chi connectivity index (χ3v) is 5.38. The number of anilines is 1. The number of nitrogens with one attached hydrogen (secondary N) is 1. The highest BCUT2D eigenvalue weighted by Gasteiger charge is 2.36. The van der Waals surface area contributed by atoms with Crippen LogP contribution in [0.1, 0.15) is 42.0 Å². The zero-order valence-corrected chi connectivity index (χ0v) is 14.7. The lowest BCUT2D eigenvalue weighted by molar-refractivity contribution is -0.127. The van der Waals surface area contributed by atoms with Crippen LogP contribution in [0.3, 0.4) is 0 Å². The van der Waals surface area contributed by atoms with E-state index in [4.69, 9.17) is 0 Å². The summed E-state index contributed by atoms with van der Waals surface area (Å²) in [6.45, 7) is 0.214.